The maximum absolute atomic E-state index is 11.9. The average Bonchev–Trinajstić information content (AvgIpc) is 2.84. The number of aromatic nitrogens is 1. The first-order chi connectivity index (χ1) is 9.95. The van der Waals surface area contributed by atoms with Crippen molar-refractivity contribution in [1.29, 1.82) is 0 Å². The predicted octanol–water partition coefficient (Wildman–Crippen LogP) is 2.93. The molecule has 0 aliphatic rings. The van der Waals surface area contributed by atoms with Crippen LogP contribution in [0.25, 0.3) is 0 Å². The number of carbonyl (C=O) groups is 2. The summed E-state index contributed by atoms with van der Waals surface area (Å²) in [4.78, 5) is 23.8. The average molecular weight is 353 g/mol. The van der Waals surface area contributed by atoms with Gasteiger partial charge < -0.3 is 14.6 Å². The molecule has 6 nitrogen and oxygen atoms in total. The summed E-state index contributed by atoms with van der Waals surface area (Å²) in [6, 6.07) is 8.30. The van der Waals surface area contributed by atoms with Crippen LogP contribution in [0.1, 0.15) is 23.0 Å². The molecule has 2 aromatic rings. The minimum Gasteiger partial charge on any atom is -0.449 e. The van der Waals surface area contributed by atoms with Gasteiger partial charge in [0, 0.05) is 10.5 Å². The van der Waals surface area contributed by atoms with Crippen LogP contribution in [0.15, 0.2) is 39.3 Å². The zero-order chi connectivity index (χ0) is 15.4. The van der Waals surface area contributed by atoms with E-state index in [1.54, 1.807) is 37.3 Å². The minimum absolute atomic E-state index is 0.280. The van der Waals surface area contributed by atoms with E-state index < -0.39 is 18.0 Å². The summed E-state index contributed by atoms with van der Waals surface area (Å²) < 4.78 is 10.7. The summed E-state index contributed by atoms with van der Waals surface area (Å²) in [5.41, 5.74) is 0.362. The molecule has 0 saturated carbocycles. The largest absolute Gasteiger partial charge is 0.449 e. The second-order valence-electron chi connectivity index (χ2n) is 4.37. The van der Waals surface area contributed by atoms with Gasteiger partial charge in [-0.25, -0.2) is 4.79 Å². The third-order valence-corrected chi connectivity index (χ3v) is 3.09. The molecule has 21 heavy (non-hydrogen) atoms. The molecular weight excluding hydrogens is 340 g/mol. The van der Waals surface area contributed by atoms with Gasteiger partial charge in [0.05, 0.1) is 5.56 Å². The van der Waals surface area contributed by atoms with Gasteiger partial charge in [0.25, 0.3) is 5.91 Å². The topological polar surface area (TPSA) is 81.4 Å². The number of carbonyl (C=O) groups excluding carboxylic acids is 2. The van der Waals surface area contributed by atoms with Crippen LogP contribution in [0.3, 0.4) is 0 Å². The van der Waals surface area contributed by atoms with Crippen molar-refractivity contribution in [3.63, 3.8) is 0 Å². The number of hydrogen-bond acceptors (Lipinski definition) is 5. The summed E-state index contributed by atoms with van der Waals surface area (Å²) in [6.45, 7) is 3.19. The lowest BCUT2D eigenvalue weighted by atomic mass is 10.2. The van der Waals surface area contributed by atoms with E-state index in [1.165, 1.54) is 6.92 Å². The van der Waals surface area contributed by atoms with Gasteiger partial charge in [-0.2, -0.15) is 0 Å². The van der Waals surface area contributed by atoms with Crippen molar-refractivity contribution >= 4 is 33.6 Å². The van der Waals surface area contributed by atoms with Gasteiger partial charge in [-0.05, 0) is 32.0 Å². The lowest BCUT2D eigenvalue weighted by molar-refractivity contribution is -0.123. The first-order valence-corrected chi connectivity index (χ1v) is 6.96. The highest BCUT2D eigenvalue weighted by Crippen LogP contribution is 2.14. The number of hydrogen-bond donors (Lipinski definition) is 1. The molecule has 1 N–H and O–H groups in total. The van der Waals surface area contributed by atoms with E-state index in [0.717, 1.165) is 4.47 Å². The zero-order valence-electron chi connectivity index (χ0n) is 11.4. The number of nitrogens with zero attached hydrogens (tertiary/aromatic N) is 1. The molecule has 0 spiro atoms. The van der Waals surface area contributed by atoms with Crippen molar-refractivity contribution < 1.29 is 18.8 Å². The van der Waals surface area contributed by atoms with Gasteiger partial charge in [0.15, 0.2) is 11.9 Å². The highest BCUT2D eigenvalue weighted by molar-refractivity contribution is 9.10. The Balaban J connectivity index is 1.95. The van der Waals surface area contributed by atoms with E-state index in [9.17, 15) is 9.59 Å². The summed E-state index contributed by atoms with van der Waals surface area (Å²) in [5.74, 6) is -0.200. The highest BCUT2D eigenvalue weighted by Gasteiger charge is 2.20. The molecule has 1 aromatic heterocycles. The number of ether oxygens (including phenoxy) is 1. The number of rotatable bonds is 4. The summed E-state index contributed by atoms with van der Waals surface area (Å²) in [7, 11) is 0. The summed E-state index contributed by atoms with van der Waals surface area (Å²) in [5, 5.41) is 6.13. The maximum atomic E-state index is 11.9. The smallest absolute Gasteiger partial charge is 0.338 e. The highest BCUT2D eigenvalue weighted by atomic mass is 79.9. The molecule has 2 rings (SSSR count). The van der Waals surface area contributed by atoms with E-state index in [2.05, 4.69) is 26.4 Å². The van der Waals surface area contributed by atoms with Gasteiger partial charge in [-0.15, -0.1) is 0 Å². The third kappa shape index (κ3) is 4.16. The fourth-order valence-electron chi connectivity index (χ4n) is 1.55. The Hall–Kier alpha value is -2.15. The minimum atomic E-state index is -0.950. The molecule has 0 fully saturated rings. The van der Waals surface area contributed by atoms with Crippen LogP contribution in [0.2, 0.25) is 0 Å². The monoisotopic (exact) mass is 352 g/mol. The molecule has 1 aromatic carbocycles. The normalized spacial score (nSPS) is 11.8. The van der Waals surface area contributed by atoms with Crippen molar-refractivity contribution in [1.82, 2.24) is 5.16 Å². The first kappa shape index (κ1) is 15.2. The second-order valence-corrected chi connectivity index (χ2v) is 5.29. The van der Waals surface area contributed by atoms with Crippen LogP contribution < -0.4 is 5.32 Å². The molecule has 0 radical (unpaired) electrons. The number of nitrogens with one attached hydrogen (secondary N) is 1. The summed E-state index contributed by atoms with van der Waals surface area (Å²) in [6.07, 6.45) is -0.950. The lowest BCUT2D eigenvalue weighted by Gasteiger charge is -2.12. The van der Waals surface area contributed by atoms with Crippen LogP contribution in [-0.4, -0.2) is 23.1 Å². The van der Waals surface area contributed by atoms with Gasteiger partial charge in [-0.1, -0.05) is 27.2 Å². The SMILES string of the molecule is Cc1cc(NC(=O)C(C)OC(=O)c2cccc(Br)c2)no1. The van der Waals surface area contributed by atoms with Crippen molar-refractivity contribution in [3.8, 4) is 0 Å². The molecule has 0 aliphatic heterocycles. The quantitative estimate of drug-likeness (QED) is 0.855. The van der Waals surface area contributed by atoms with Crippen LogP contribution in [-0.2, 0) is 9.53 Å². The molecule has 110 valence electrons. The summed E-state index contributed by atoms with van der Waals surface area (Å²) >= 11 is 3.27. The van der Waals surface area contributed by atoms with Gasteiger partial charge in [-0.3, -0.25) is 4.79 Å². The standard InChI is InChI=1S/C14H13BrN2O4/c1-8-6-12(17-21-8)16-13(18)9(2)20-14(19)10-4-3-5-11(15)7-10/h3-7,9H,1-2H3,(H,16,17,18). The van der Waals surface area contributed by atoms with Crippen LogP contribution in [0, 0.1) is 6.92 Å². The molecular formula is C14H13BrN2O4. The van der Waals surface area contributed by atoms with Crippen molar-refractivity contribution in [2.24, 2.45) is 0 Å². The molecule has 1 amide bonds. The number of esters is 1. The van der Waals surface area contributed by atoms with Gasteiger partial charge in [0.1, 0.15) is 5.76 Å². The van der Waals surface area contributed by atoms with Crippen molar-refractivity contribution in [2.75, 3.05) is 5.32 Å². The molecule has 7 heteroatoms. The molecule has 1 heterocycles. The van der Waals surface area contributed by atoms with E-state index in [1.807, 2.05) is 0 Å². The van der Waals surface area contributed by atoms with Crippen molar-refractivity contribution in [3.05, 3.63) is 46.1 Å². The van der Waals surface area contributed by atoms with E-state index in [4.69, 9.17) is 9.26 Å². The predicted molar refractivity (Wildman–Crippen MR) is 78.9 cm³/mol. The Kier molecular flexibility index (Phi) is 4.74. The molecule has 1 unspecified atom stereocenters. The van der Waals surface area contributed by atoms with Crippen LogP contribution in [0.4, 0.5) is 5.82 Å². The first-order valence-electron chi connectivity index (χ1n) is 6.16. The number of halogens is 1. The fourth-order valence-corrected chi connectivity index (χ4v) is 1.95. The van der Waals surface area contributed by atoms with Gasteiger partial charge >= 0.3 is 5.97 Å². The molecule has 1 atom stereocenters. The van der Waals surface area contributed by atoms with E-state index in [0.29, 0.717) is 11.3 Å². The van der Waals surface area contributed by atoms with E-state index in [-0.39, 0.29) is 5.82 Å². The zero-order valence-corrected chi connectivity index (χ0v) is 13.0. The Morgan fingerprint density at radius 3 is 2.76 bits per heavy atom. The second kappa shape index (κ2) is 6.53. The number of benzene rings is 1. The number of aryl methyl sites for hydroxylation is 1. The van der Waals surface area contributed by atoms with E-state index >= 15 is 0 Å². The molecule has 0 bridgehead atoms. The Morgan fingerprint density at radius 1 is 1.38 bits per heavy atom. The third-order valence-electron chi connectivity index (χ3n) is 2.59. The molecule has 0 aliphatic carbocycles. The Morgan fingerprint density at radius 2 is 2.14 bits per heavy atom. The Labute approximate surface area is 129 Å². The van der Waals surface area contributed by atoms with Crippen LogP contribution in [0.5, 0.6) is 0 Å². The lowest BCUT2D eigenvalue weighted by Crippen LogP contribution is -2.30. The van der Waals surface area contributed by atoms with Crippen molar-refractivity contribution in [2.45, 2.75) is 20.0 Å². The fraction of sp³-hybridized carbons (Fsp3) is 0.214. The number of amides is 1. The Bertz CT molecular complexity index is 668. The molecule has 0 saturated heterocycles. The maximum Gasteiger partial charge on any atom is 0.338 e. The van der Waals surface area contributed by atoms with Gasteiger partial charge in [0.2, 0.25) is 0 Å². The van der Waals surface area contributed by atoms with Crippen LogP contribution >= 0.6 is 15.9 Å². The number of anilines is 1.